The van der Waals surface area contributed by atoms with E-state index in [1.54, 1.807) is 0 Å². The summed E-state index contributed by atoms with van der Waals surface area (Å²) >= 11 is 0. The maximum absolute atomic E-state index is 13.6. The Hall–Kier alpha value is -1.49. The zero-order chi connectivity index (χ0) is 12.7. The second-order valence-corrected chi connectivity index (χ2v) is 5.14. The predicted molar refractivity (Wildman–Crippen MR) is 64.6 cm³/mol. The fourth-order valence-electron chi connectivity index (χ4n) is 3.20. The van der Waals surface area contributed by atoms with Crippen LogP contribution in [0.3, 0.4) is 0 Å². The Morgan fingerprint density at radius 2 is 2.39 bits per heavy atom. The number of fused-ring (bicyclic) bond motifs is 1. The summed E-state index contributed by atoms with van der Waals surface area (Å²) in [5.41, 5.74) is 0.129. The Bertz CT molecular complexity index is 479. The summed E-state index contributed by atoms with van der Waals surface area (Å²) in [6.45, 7) is 3.81. The maximum atomic E-state index is 13.6. The molecule has 3 rings (SSSR count). The van der Waals surface area contributed by atoms with Crippen LogP contribution in [-0.4, -0.2) is 41.0 Å². The zero-order valence-electron chi connectivity index (χ0n) is 10.3. The van der Waals surface area contributed by atoms with Gasteiger partial charge in [-0.25, -0.2) is 4.39 Å². The van der Waals surface area contributed by atoms with Gasteiger partial charge in [-0.1, -0.05) is 0 Å². The predicted octanol–water partition coefficient (Wildman–Crippen LogP) is 1.04. The summed E-state index contributed by atoms with van der Waals surface area (Å²) in [7, 11) is 0. The largest absolute Gasteiger partial charge is 0.331 e. The molecule has 0 aliphatic carbocycles. The number of nitrogens with one attached hydrogen (secondary N) is 1. The highest BCUT2D eigenvalue weighted by atomic mass is 19.1. The van der Waals surface area contributed by atoms with E-state index >= 15 is 0 Å². The number of pyridine rings is 1. The summed E-state index contributed by atoms with van der Waals surface area (Å²) < 4.78 is 13.6. The van der Waals surface area contributed by atoms with Gasteiger partial charge < -0.3 is 10.2 Å². The van der Waals surface area contributed by atoms with Gasteiger partial charge >= 0.3 is 0 Å². The van der Waals surface area contributed by atoms with Crippen LogP contribution in [0.5, 0.6) is 0 Å². The van der Waals surface area contributed by atoms with Crippen molar-refractivity contribution in [1.82, 2.24) is 15.2 Å². The Kier molecular flexibility index (Phi) is 2.78. The van der Waals surface area contributed by atoms with E-state index in [9.17, 15) is 9.18 Å². The highest BCUT2D eigenvalue weighted by molar-refractivity contribution is 5.95. The van der Waals surface area contributed by atoms with Crippen LogP contribution < -0.4 is 5.32 Å². The van der Waals surface area contributed by atoms with Gasteiger partial charge in [0.15, 0.2) is 5.82 Å². The van der Waals surface area contributed by atoms with Crippen LogP contribution in [0, 0.1) is 11.7 Å². The molecule has 1 aromatic rings. The number of aromatic nitrogens is 1. The standard InChI is InChI=1S/C13H16FN3O/c1-8-4-9-5-16-7-12(9)17(8)13(18)10-2-3-15-6-11(10)14/h2-3,6,8-9,12,16H,4-5,7H2,1H3. The molecule has 3 heterocycles. The van der Waals surface area contributed by atoms with Gasteiger partial charge in [0.05, 0.1) is 11.8 Å². The van der Waals surface area contributed by atoms with Gasteiger partial charge in [-0.05, 0) is 25.3 Å². The third kappa shape index (κ3) is 1.70. The highest BCUT2D eigenvalue weighted by Gasteiger charge is 2.44. The number of halogens is 1. The topological polar surface area (TPSA) is 45.2 Å². The smallest absolute Gasteiger partial charge is 0.257 e. The first-order valence-corrected chi connectivity index (χ1v) is 6.31. The van der Waals surface area contributed by atoms with Crippen LogP contribution >= 0.6 is 0 Å². The maximum Gasteiger partial charge on any atom is 0.257 e. The SMILES string of the molecule is CC1CC2CNCC2N1C(=O)c1ccncc1F. The van der Waals surface area contributed by atoms with E-state index in [0.29, 0.717) is 5.92 Å². The first-order valence-electron chi connectivity index (χ1n) is 6.31. The van der Waals surface area contributed by atoms with E-state index < -0.39 is 5.82 Å². The molecule has 0 saturated carbocycles. The summed E-state index contributed by atoms with van der Waals surface area (Å²) in [6, 6.07) is 1.85. The number of amides is 1. The summed E-state index contributed by atoms with van der Waals surface area (Å²) in [4.78, 5) is 18.0. The Balaban J connectivity index is 1.90. The van der Waals surface area contributed by atoms with Crippen molar-refractivity contribution in [1.29, 1.82) is 0 Å². The van der Waals surface area contributed by atoms with Crippen LogP contribution in [0.4, 0.5) is 4.39 Å². The van der Waals surface area contributed by atoms with E-state index in [4.69, 9.17) is 0 Å². The fourth-order valence-corrected chi connectivity index (χ4v) is 3.20. The normalized spacial score (nSPS) is 30.6. The van der Waals surface area contributed by atoms with Crippen molar-refractivity contribution in [2.75, 3.05) is 13.1 Å². The zero-order valence-corrected chi connectivity index (χ0v) is 10.3. The average Bonchev–Trinajstić information content (AvgIpc) is 2.88. The van der Waals surface area contributed by atoms with E-state index in [1.165, 1.54) is 12.3 Å². The van der Waals surface area contributed by atoms with Crippen molar-refractivity contribution in [2.45, 2.75) is 25.4 Å². The van der Waals surface area contributed by atoms with Gasteiger partial charge in [0.25, 0.3) is 5.91 Å². The van der Waals surface area contributed by atoms with Crippen molar-refractivity contribution in [2.24, 2.45) is 5.92 Å². The first kappa shape index (κ1) is 11.6. The molecule has 1 amide bonds. The van der Waals surface area contributed by atoms with Gasteiger partial charge in [-0.3, -0.25) is 9.78 Å². The molecule has 0 spiro atoms. The van der Waals surface area contributed by atoms with Crippen LogP contribution in [0.25, 0.3) is 0 Å². The molecule has 4 nitrogen and oxygen atoms in total. The molecule has 0 aromatic carbocycles. The van der Waals surface area contributed by atoms with E-state index in [-0.39, 0.29) is 23.6 Å². The molecule has 0 radical (unpaired) electrons. The molecular weight excluding hydrogens is 233 g/mol. The van der Waals surface area contributed by atoms with Crippen molar-refractivity contribution in [3.63, 3.8) is 0 Å². The number of likely N-dealkylation sites (tertiary alicyclic amines) is 1. The lowest BCUT2D eigenvalue weighted by Gasteiger charge is -2.27. The van der Waals surface area contributed by atoms with Crippen molar-refractivity contribution >= 4 is 5.91 Å². The summed E-state index contributed by atoms with van der Waals surface area (Å²) in [6.07, 6.45) is 3.55. The van der Waals surface area contributed by atoms with Crippen molar-refractivity contribution in [3.8, 4) is 0 Å². The molecule has 2 aliphatic heterocycles. The number of carbonyl (C=O) groups excluding carboxylic acids is 1. The molecule has 2 aliphatic rings. The minimum atomic E-state index is -0.538. The quantitative estimate of drug-likeness (QED) is 0.809. The fraction of sp³-hybridized carbons (Fsp3) is 0.538. The second kappa shape index (κ2) is 4.31. The van der Waals surface area contributed by atoms with Crippen LogP contribution in [0.15, 0.2) is 18.5 Å². The minimum Gasteiger partial charge on any atom is -0.331 e. The lowest BCUT2D eigenvalue weighted by molar-refractivity contribution is 0.0677. The highest BCUT2D eigenvalue weighted by Crippen LogP contribution is 2.33. The van der Waals surface area contributed by atoms with Crippen LogP contribution in [0.1, 0.15) is 23.7 Å². The Morgan fingerprint density at radius 3 is 3.17 bits per heavy atom. The molecule has 3 atom stereocenters. The lowest BCUT2D eigenvalue weighted by Crippen LogP contribution is -2.43. The van der Waals surface area contributed by atoms with Gasteiger partial charge in [-0.15, -0.1) is 0 Å². The van der Waals surface area contributed by atoms with Crippen molar-refractivity contribution in [3.05, 3.63) is 29.8 Å². The second-order valence-electron chi connectivity index (χ2n) is 5.14. The van der Waals surface area contributed by atoms with E-state index in [2.05, 4.69) is 10.3 Å². The number of nitrogens with zero attached hydrogens (tertiary/aromatic N) is 2. The minimum absolute atomic E-state index is 0.129. The number of hydrogen-bond acceptors (Lipinski definition) is 3. The van der Waals surface area contributed by atoms with Gasteiger partial charge in [0.2, 0.25) is 0 Å². The molecule has 0 bridgehead atoms. The third-order valence-electron chi connectivity index (χ3n) is 4.02. The molecule has 18 heavy (non-hydrogen) atoms. The molecule has 2 saturated heterocycles. The van der Waals surface area contributed by atoms with Gasteiger partial charge in [0, 0.05) is 31.4 Å². The first-order chi connectivity index (χ1) is 8.68. The third-order valence-corrected chi connectivity index (χ3v) is 4.02. The van der Waals surface area contributed by atoms with Crippen LogP contribution in [0.2, 0.25) is 0 Å². The average molecular weight is 249 g/mol. The molecule has 1 N–H and O–H groups in total. The van der Waals surface area contributed by atoms with Crippen LogP contribution in [-0.2, 0) is 0 Å². The molecule has 96 valence electrons. The molecule has 1 aromatic heterocycles. The Labute approximate surface area is 105 Å². The van der Waals surface area contributed by atoms with Crippen molar-refractivity contribution < 1.29 is 9.18 Å². The molecule has 5 heteroatoms. The number of hydrogen-bond donors (Lipinski definition) is 1. The molecule has 2 fully saturated rings. The van der Waals surface area contributed by atoms with E-state index in [1.807, 2.05) is 11.8 Å². The Morgan fingerprint density at radius 1 is 1.56 bits per heavy atom. The van der Waals surface area contributed by atoms with Gasteiger partial charge in [-0.2, -0.15) is 0 Å². The monoisotopic (exact) mass is 249 g/mol. The van der Waals surface area contributed by atoms with E-state index in [0.717, 1.165) is 25.7 Å². The summed E-state index contributed by atoms with van der Waals surface area (Å²) in [5.74, 6) is -0.239. The summed E-state index contributed by atoms with van der Waals surface area (Å²) in [5, 5.41) is 3.30. The lowest BCUT2D eigenvalue weighted by atomic mass is 10.0. The number of carbonyl (C=O) groups is 1. The molecule has 3 unspecified atom stereocenters. The molecular formula is C13H16FN3O. The number of rotatable bonds is 1. The van der Waals surface area contributed by atoms with Gasteiger partial charge in [0.1, 0.15) is 0 Å².